The quantitative estimate of drug-likeness (QED) is 0.779. The van der Waals surface area contributed by atoms with E-state index in [2.05, 4.69) is 10.3 Å². The number of carbonyl (C=O) groups excluding carboxylic acids is 1. The Hall–Kier alpha value is -2.73. The second-order valence-electron chi connectivity index (χ2n) is 5.82. The summed E-state index contributed by atoms with van der Waals surface area (Å²) in [5, 5.41) is 2.79. The van der Waals surface area contributed by atoms with Crippen LogP contribution >= 0.6 is 0 Å². The zero-order valence-corrected chi connectivity index (χ0v) is 12.2. The molecule has 1 fully saturated rings. The van der Waals surface area contributed by atoms with E-state index in [9.17, 15) is 9.18 Å². The van der Waals surface area contributed by atoms with Crippen LogP contribution in [0.2, 0.25) is 0 Å². The number of amides is 1. The molecule has 0 aliphatic heterocycles. The van der Waals surface area contributed by atoms with E-state index in [-0.39, 0.29) is 11.7 Å². The van der Waals surface area contributed by atoms with Crippen molar-refractivity contribution in [2.75, 3.05) is 5.32 Å². The number of fused-ring (bicyclic) bond motifs is 1. The maximum atomic E-state index is 13.0. The van der Waals surface area contributed by atoms with E-state index in [1.54, 1.807) is 30.3 Å². The van der Waals surface area contributed by atoms with E-state index in [1.807, 2.05) is 0 Å². The van der Waals surface area contributed by atoms with Gasteiger partial charge in [-0.3, -0.25) is 4.79 Å². The first-order chi connectivity index (χ1) is 11.0. The summed E-state index contributed by atoms with van der Waals surface area (Å²) >= 11 is 0. The monoisotopic (exact) mass is 311 g/mol. The number of carbonyl (C=O) groups is 1. The van der Waals surface area contributed by atoms with Gasteiger partial charge >= 0.3 is 0 Å². The van der Waals surface area contributed by atoms with Crippen molar-refractivity contribution in [3.8, 4) is 11.5 Å². The van der Waals surface area contributed by atoms with Crippen LogP contribution in [-0.4, -0.2) is 16.4 Å². The van der Waals surface area contributed by atoms with Crippen LogP contribution in [0.15, 0.2) is 46.9 Å². The fourth-order valence-electron chi connectivity index (χ4n) is 2.34. The fraction of sp³-hybridized carbons (Fsp3) is 0.176. The molecule has 116 valence electrons. The van der Waals surface area contributed by atoms with Gasteiger partial charge in [-0.05, 0) is 49.2 Å². The molecule has 6 heteroatoms. The van der Waals surface area contributed by atoms with Crippen molar-refractivity contribution in [2.24, 2.45) is 5.73 Å². The Morgan fingerprint density at radius 2 is 1.96 bits per heavy atom. The Balaban J connectivity index is 1.64. The first-order valence-electron chi connectivity index (χ1n) is 7.30. The smallest absolute Gasteiger partial charge is 0.244 e. The number of nitrogens with two attached hydrogens (primary N) is 1. The summed E-state index contributed by atoms with van der Waals surface area (Å²) in [6.45, 7) is 0. The van der Waals surface area contributed by atoms with Gasteiger partial charge in [-0.15, -0.1) is 0 Å². The molecule has 23 heavy (non-hydrogen) atoms. The van der Waals surface area contributed by atoms with E-state index < -0.39 is 5.54 Å². The standard InChI is InChI=1S/C17H14FN3O2/c18-11-3-1-10(2-4-11)15-21-13-6-5-12(9-14(13)23-15)20-16(22)17(19)7-8-17/h1-6,9H,7-8,19H2,(H,20,22). The predicted octanol–water partition coefficient (Wildman–Crippen LogP) is 3.06. The molecule has 0 bridgehead atoms. The van der Waals surface area contributed by atoms with Crippen molar-refractivity contribution in [3.05, 3.63) is 48.3 Å². The lowest BCUT2D eigenvalue weighted by atomic mass is 10.2. The summed E-state index contributed by atoms with van der Waals surface area (Å²) in [6, 6.07) is 11.1. The molecule has 1 saturated carbocycles. The van der Waals surface area contributed by atoms with Crippen molar-refractivity contribution in [2.45, 2.75) is 18.4 Å². The molecule has 0 atom stereocenters. The highest BCUT2D eigenvalue weighted by atomic mass is 19.1. The molecule has 0 spiro atoms. The van der Waals surface area contributed by atoms with E-state index >= 15 is 0 Å². The van der Waals surface area contributed by atoms with Crippen LogP contribution in [-0.2, 0) is 4.79 Å². The van der Waals surface area contributed by atoms with Crippen LogP contribution in [0.3, 0.4) is 0 Å². The van der Waals surface area contributed by atoms with E-state index in [1.165, 1.54) is 12.1 Å². The molecule has 1 aromatic heterocycles. The molecule has 4 rings (SSSR count). The number of rotatable bonds is 3. The van der Waals surface area contributed by atoms with Crippen LogP contribution < -0.4 is 11.1 Å². The van der Waals surface area contributed by atoms with Gasteiger partial charge in [-0.2, -0.15) is 0 Å². The molecule has 5 nitrogen and oxygen atoms in total. The molecule has 0 saturated heterocycles. The lowest BCUT2D eigenvalue weighted by Gasteiger charge is -2.09. The first kappa shape index (κ1) is 13.9. The summed E-state index contributed by atoms with van der Waals surface area (Å²) in [7, 11) is 0. The zero-order valence-electron chi connectivity index (χ0n) is 12.2. The molecule has 1 aliphatic rings. The number of aromatic nitrogens is 1. The Bertz CT molecular complexity index is 898. The van der Waals surface area contributed by atoms with Crippen LogP contribution in [0.5, 0.6) is 0 Å². The molecule has 3 N–H and O–H groups in total. The van der Waals surface area contributed by atoms with Gasteiger partial charge in [0.25, 0.3) is 0 Å². The number of benzene rings is 2. The molecule has 0 radical (unpaired) electrons. The molecule has 1 heterocycles. The molecule has 2 aromatic carbocycles. The minimum absolute atomic E-state index is 0.185. The number of hydrogen-bond acceptors (Lipinski definition) is 4. The summed E-state index contributed by atoms with van der Waals surface area (Å²) in [6.07, 6.45) is 1.41. The van der Waals surface area contributed by atoms with Crippen LogP contribution in [0.4, 0.5) is 10.1 Å². The number of halogens is 1. The van der Waals surface area contributed by atoms with Gasteiger partial charge in [0.05, 0.1) is 5.54 Å². The highest BCUT2D eigenvalue weighted by molar-refractivity contribution is 6.01. The first-order valence-corrected chi connectivity index (χ1v) is 7.30. The number of nitrogens with one attached hydrogen (secondary N) is 1. The number of hydrogen-bond donors (Lipinski definition) is 2. The summed E-state index contributed by atoms with van der Waals surface area (Å²) in [4.78, 5) is 16.3. The molecular formula is C17H14FN3O2. The average molecular weight is 311 g/mol. The van der Waals surface area contributed by atoms with Crippen molar-refractivity contribution in [1.82, 2.24) is 4.98 Å². The summed E-state index contributed by atoms with van der Waals surface area (Å²) in [5.74, 6) is -0.0956. The van der Waals surface area contributed by atoms with Crippen molar-refractivity contribution >= 4 is 22.7 Å². The number of anilines is 1. The maximum Gasteiger partial charge on any atom is 0.244 e. The van der Waals surface area contributed by atoms with Crippen LogP contribution in [0.25, 0.3) is 22.6 Å². The van der Waals surface area contributed by atoms with E-state index in [4.69, 9.17) is 10.2 Å². The Kier molecular flexibility index (Phi) is 2.96. The summed E-state index contributed by atoms with van der Waals surface area (Å²) < 4.78 is 18.7. The molecule has 3 aromatic rings. The highest BCUT2D eigenvalue weighted by Crippen LogP contribution is 2.34. The van der Waals surface area contributed by atoms with Gasteiger partial charge in [0.15, 0.2) is 5.58 Å². The Labute approximate surface area is 131 Å². The molecule has 1 amide bonds. The normalized spacial score (nSPS) is 15.6. The van der Waals surface area contributed by atoms with Crippen molar-refractivity contribution in [3.63, 3.8) is 0 Å². The number of oxazole rings is 1. The van der Waals surface area contributed by atoms with Crippen molar-refractivity contribution in [1.29, 1.82) is 0 Å². The molecule has 0 unspecified atom stereocenters. The largest absolute Gasteiger partial charge is 0.436 e. The minimum atomic E-state index is -0.727. The van der Waals surface area contributed by atoms with Gasteiger partial charge in [0.1, 0.15) is 11.3 Å². The third kappa shape index (κ3) is 2.57. The minimum Gasteiger partial charge on any atom is -0.436 e. The average Bonchev–Trinajstić information content (AvgIpc) is 3.15. The van der Waals surface area contributed by atoms with Gasteiger partial charge in [0, 0.05) is 17.3 Å². The number of nitrogens with zero attached hydrogens (tertiary/aromatic N) is 1. The zero-order chi connectivity index (χ0) is 16.0. The second kappa shape index (κ2) is 4.89. The molecular weight excluding hydrogens is 297 g/mol. The topological polar surface area (TPSA) is 81.2 Å². The fourth-order valence-corrected chi connectivity index (χ4v) is 2.34. The van der Waals surface area contributed by atoms with Crippen molar-refractivity contribution < 1.29 is 13.6 Å². The van der Waals surface area contributed by atoms with E-state index in [0.717, 1.165) is 0 Å². The Morgan fingerprint density at radius 1 is 1.22 bits per heavy atom. The van der Waals surface area contributed by atoms with Crippen LogP contribution in [0.1, 0.15) is 12.8 Å². The lowest BCUT2D eigenvalue weighted by molar-refractivity contribution is -0.118. The van der Waals surface area contributed by atoms with Gasteiger partial charge in [-0.25, -0.2) is 9.37 Å². The second-order valence-corrected chi connectivity index (χ2v) is 5.82. The van der Waals surface area contributed by atoms with E-state index in [0.29, 0.717) is 41.1 Å². The molecule has 1 aliphatic carbocycles. The highest BCUT2D eigenvalue weighted by Gasteiger charge is 2.45. The summed E-state index contributed by atoms with van der Waals surface area (Å²) in [5.41, 5.74) is 7.65. The van der Waals surface area contributed by atoms with Gasteiger partial charge in [0.2, 0.25) is 11.8 Å². The Morgan fingerprint density at radius 3 is 2.65 bits per heavy atom. The van der Waals surface area contributed by atoms with Gasteiger partial charge < -0.3 is 15.5 Å². The predicted molar refractivity (Wildman–Crippen MR) is 84.2 cm³/mol. The third-order valence-corrected chi connectivity index (χ3v) is 3.98. The lowest BCUT2D eigenvalue weighted by Crippen LogP contribution is -2.37. The third-order valence-electron chi connectivity index (χ3n) is 3.98. The maximum absolute atomic E-state index is 13.0. The SMILES string of the molecule is NC1(C(=O)Nc2ccc3nc(-c4ccc(F)cc4)oc3c2)CC1. The van der Waals surface area contributed by atoms with Gasteiger partial charge in [-0.1, -0.05) is 0 Å². The van der Waals surface area contributed by atoms with Crippen LogP contribution in [0, 0.1) is 5.82 Å².